The lowest BCUT2D eigenvalue weighted by molar-refractivity contribution is -0.116. The Hall–Kier alpha value is -2.62. The number of para-hydroxylation sites is 1. The van der Waals surface area contributed by atoms with E-state index in [0.29, 0.717) is 12.2 Å². The topological polar surface area (TPSA) is 32.3 Å². The number of amides is 1. The lowest BCUT2D eigenvalue weighted by atomic mass is 10.0. The van der Waals surface area contributed by atoms with E-state index in [1.165, 1.54) is 12.1 Å². The Bertz CT molecular complexity index is 692. The smallest absolute Gasteiger partial charge is 0.268 e. The zero-order valence-corrected chi connectivity index (χ0v) is 11.6. The zero-order valence-electron chi connectivity index (χ0n) is 11.6. The van der Waals surface area contributed by atoms with E-state index in [1.807, 2.05) is 42.3 Å². The molecule has 1 amide bonds. The second-order valence-electron chi connectivity index (χ2n) is 4.91. The summed E-state index contributed by atoms with van der Waals surface area (Å²) >= 11 is 0. The largest absolute Gasteiger partial charge is 0.347 e. The van der Waals surface area contributed by atoms with Crippen LogP contribution in [0.1, 0.15) is 5.56 Å². The van der Waals surface area contributed by atoms with Crippen molar-refractivity contribution in [1.82, 2.24) is 5.32 Å². The molecule has 3 nitrogen and oxygen atoms in total. The van der Waals surface area contributed by atoms with Crippen LogP contribution in [0.3, 0.4) is 0 Å². The zero-order chi connectivity index (χ0) is 14.8. The first-order valence-electron chi connectivity index (χ1n) is 6.73. The van der Waals surface area contributed by atoms with E-state index in [-0.39, 0.29) is 11.7 Å². The van der Waals surface area contributed by atoms with E-state index in [1.54, 1.807) is 12.1 Å². The van der Waals surface area contributed by atoms with Crippen LogP contribution in [0.2, 0.25) is 0 Å². The molecule has 0 bridgehead atoms. The van der Waals surface area contributed by atoms with Gasteiger partial charge in [0, 0.05) is 24.9 Å². The van der Waals surface area contributed by atoms with Crippen LogP contribution in [0.4, 0.5) is 10.1 Å². The van der Waals surface area contributed by atoms with Gasteiger partial charge < -0.3 is 10.2 Å². The van der Waals surface area contributed by atoms with E-state index in [9.17, 15) is 9.18 Å². The van der Waals surface area contributed by atoms with Crippen LogP contribution >= 0.6 is 0 Å². The average molecular weight is 282 g/mol. The Morgan fingerprint density at radius 3 is 2.38 bits per heavy atom. The van der Waals surface area contributed by atoms with Gasteiger partial charge in [-0.1, -0.05) is 30.3 Å². The van der Waals surface area contributed by atoms with Crippen LogP contribution < -0.4 is 10.2 Å². The Morgan fingerprint density at radius 2 is 1.71 bits per heavy atom. The highest BCUT2D eigenvalue weighted by Crippen LogP contribution is 2.28. The highest BCUT2D eigenvalue weighted by atomic mass is 19.1. The molecular weight excluding hydrogens is 267 g/mol. The highest BCUT2D eigenvalue weighted by Gasteiger charge is 2.27. The maximum Gasteiger partial charge on any atom is 0.268 e. The van der Waals surface area contributed by atoms with Gasteiger partial charge in [-0.2, -0.15) is 0 Å². The number of carbonyl (C=O) groups is 1. The number of hydrogen-bond acceptors (Lipinski definition) is 2. The molecule has 1 aliphatic rings. The van der Waals surface area contributed by atoms with Crippen molar-refractivity contribution in [2.75, 3.05) is 18.5 Å². The molecule has 1 heterocycles. The molecule has 3 rings (SSSR count). The molecule has 4 heteroatoms. The molecule has 0 spiro atoms. The molecule has 2 aromatic rings. The molecule has 0 unspecified atom stereocenters. The van der Waals surface area contributed by atoms with Gasteiger partial charge >= 0.3 is 0 Å². The van der Waals surface area contributed by atoms with E-state index in [2.05, 4.69) is 5.32 Å². The van der Waals surface area contributed by atoms with Gasteiger partial charge in [0.05, 0.1) is 0 Å². The predicted molar refractivity (Wildman–Crippen MR) is 81.2 cm³/mol. The molecule has 0 saturated carbocycles. The molecule has 0 aromatic heterocycles. The van der Waals surface area contributed by atoms with Gasteiger partial charge in [0.1, 0.15) is 11.5 Å². The molecular formula is C17H15FN2O. The van der Waals surface area contributed by atoms with Crippen molar-refractivity contribution in [1.29, 1.82) is 0 Å². The number of benzene rings is 2. The predicted octanol–water partition coefficient (Wildman–Crippen LogP) is 2.80. The summed E-state index contributed by atoms with van der Waals surface area (Å²) in [6.07, 6.45) is 0. The van der Waals surface area contributed by atoms with Gasteiger partial charge in [0.15, 0.2) is 0 Å². The lowest BCUT2D eigenvalue weighted by Crippen LogP contribution is -2.26. The number of hydrogen-bond donors (Lipinski definition) is 1. The molecule has 0 radical (unpaired) electrons. The number of anilines is 1. The molecule has 2 aromatic carbocycles. The minimum Gasteiger partial charge on any atom is -0.347 e. The monoisotopic (exact) mass is 282 g/mol. The number of nitrogens with zero attached hydrogens (tertiary/aromatic N) is 1. The van der Waals surface area contributed by atoms with Crippen LogP contribution in [0, 0.1) is 5.82 Å². The number of nitrogens with one attached hydrogen (secondary N) is 1. The van der Waals surface area contributed by atoms with Crippen LogP contribution in [0.15, 0.2) is 60.3 Å². The first-order valence-corrected chi connectivity index (χ1v) is 6.73. The Morgan fingerprint density at radius 1 is 1.05 bits per heavy atom. The maximum atomic E-state index is 13.1. The van der Waals surface area contributed by atoms with Crippen molar-refractivity contribution in [3.8, 4) is 0 Å². The van der Waals surface area contributed by atoms with Gasteiger partial charge in [0.25, 0.3) is 5.91 Å². The summed E-state index contributed by atoms with van der Waals surface area (Å²) in [5, 5.41) is 2.84. The van der Waals surface area contributed by atoms with Crippen LogP contribution in [-0.4, -0.2) is 19.5 Å². The first kappa shape index (κ1) is 13.4. The van der Waals surface area contributed by atoms with Gasteiger partial charge in [-0.05, 0) is 29.8 Å². The second kappa shape index (κ2) is 5.40. The van der Waals surface area contributed by atoms with Crippen LogP contribution in [0.25, 0.3) is 5.57 Å². The van der Waals surface area contributed by atoms with Gasteiger partial charge in [-0.25, -0.2) is 4.39 Å². The van der Waals surface area contributed by atoms with Gasteiger partial charge in [-0.3, -0.25) is 4.79 Å². The summed E-state index contributed by atoms with van der Waals surface area (Å²) < 4.78 is 13.1. The minimum absolute atomic E-state index is 0.110. The van der Waals surface area contributed by atoms with E-state index >= 15 is 0 Å². The van der Waals surface area contributed by atoms with Crippen LogP contribution in [0.5, 0.6) is 0 Å². The van der Waals surface area contributed by atoms with Crippen LogP contribution in [-0.2, 0) is 4.79 Å². The Balaban J connectivity index is 2.05. The Labute approximate surface area is 122 Å². The molecule has 0 atom stereocenters. The van der Waals surface area contributed by atoms with Crippen molar-refractivity contribution < 1.29 is 9.18 Å². The first-order chi connectivity index (χ1) is 10.2. The molecule has 1 aliphatic heterocycles. The number of rotatable bonds is 3. The summed E-state index contributed by atoms with van der Waals surface area (Å²) in [5.74, 6) is -0.393. The normalized spacial score (nSPS) is 14.3. The van der Waals surface area contributed by atoms with Gasteiger partial charge in [-0.15, -0.1) is 0 Å². The standard InChI is InChI=1S/C17H15FN2O/c1-20(14-5-3-2-4-6-14)16-15(11-19-17(16)21)12-7-9-13(18)10-8-12/h2-10H,11H2,1H3,(H,19,21). The summed E-state index contributed by atoms with van der Waals surface area (Å²) in [7, 11) is 1.86. The fraction of sp³-hybridized carbons (Fsp3) is 0.118. The third-order valence-corrected chi connectivity index (χ3v) is 3.60. The SMILES string of the molecule is CN(C1=C(c2ccc(F)cc2)CNC1=O)c1ccccc1. The van der Waals surface area contributed by atoms with E-state index < -0.39 is 0 Å². The average Bonchev–Trinajstić information content (AvgIpc) is 2.90. The second-order valence-corrected chi connectivity index (χ2v) is 4.91. The summed E-state index contributed by atoms with van der Waals surface area (Å²) in [6, 6.07) is 15.9. The van der Waals surface area contributed by atoms with E-state index in [0.717, 1.165) is 16.8 Å². The maximum absolute atomic E-state index is 13.1. The quantitative estimate of drug-likeness (QED) is 0.939. The highest BCUT2D eigenvalue weighted by molar-refractivity contribution is 6.08. The molecule has 0 saturated heterocycles. The van der Waals surface area contributed by atoms with Crippen molar-refractivity contribution >= 4 is 17.2 Å². The molecule has 21 heavy (non-hydrogen) atoms. The summed E-state index contributed by atoms with van der Waals surface area (Å²) in [4.78, 5) is 14.0. The Kier molecular flexibility index (Phi) is 3.44. The molecule has 0 fully saturated rings. The van der Waals surface area contributed by atoms with E-state index in [4.69, 9.17) is 0 Å². The number of halogens is 1. The third kappa shape index (κ3) is 2.52. The van der Waals surface area contributed by atoms with Crippen molar-refractivity contribution in [2.45, 2.75) is 0 Å². The summed E-state index contributed by atoms with van der Waals surface area (Å²) in [5.41, 5.74) is 3.27. The van der Waals surface area contributed by atoms with Gasteiger partial charge in [0.2, 0.25) is 0 Å². The fourth-order valence-corrected chi connectivity index (χ4v) is 2.50. The molecule has 0 aliphatic carbocycles. The lowest BCUT2D eigenvalue weighted by Gasteiger charge is -2.20. The number of carbonyl (C=O) groups excluding carboxylic acids is 1. The molecule has 1 N–H and O–H groups in total. The molecule has 106 valence electrons. The minimum atomic E-state index is -0.283. The fourth-order valence-electron chi connectivity index (χ4n) is 2.50. The van der Waals surface area contributed by atoms with Crippen molar-refractivity contribution in [2.24, 2.45) is 0 Å². The third-order valence-electron chi connectivity index (χ3n) is 3.60. The van der Waals surface area contributed by atoms with Crippen molar-refractivity contribution in [3.63, 3.8) is 0 Å². The van der Waals surface area contributed by atoms with Crippen molar-refractivity contribution in [3.05, 3.63) is 71.7 Å². The number of likely N-dealkylation sites (N-methyl/N-ethyl adjacent to an activating group) is 1. The summed E-state index contributed by atoms with van der Waals surface area (Å²) in [6.45, 7) is 0.455.